The van der Waals surface area contributed by atoms with Crippen LogP contribution >= 0.6 is 11.6 Å². The van der Waals surface area contributed by atoms with E-state index in [1.807, 2.05) is 0 Å². The predicted molar refractivity (Wildman–Crippen MR) is 47.5 cm³/mol. The van der Waals surface area contributed by atoms with Crippen LogP contribution in [0.2, 0.25) is 0 Å². The van der Waals surface area contributed by atoms with Gasteiger partial charge in [-0.05, 0) is 0 Å². The van der Waals surface area contributed by atoms with E-state index in [0.29, 0.717) is 5.82 Å². The molecule has 0 saturated heterocycles. The SMILES string of the molecule is Cn1cnnc1CNS(=O)(=O)CCl. The van der Waals surface area contributed by atoms with Crippen LogP contribution in [0.4, 0.5) is 0 Å². The summed E-state index contributed by atoms with van der Waals surface area (Å²) in [4.78, 5) is 0. The Morgan fingerprint density at radius 2 is 2.38 bits per heavy atom. The third-order valence-electron chi connectivity index (χ3n) is 1.40. The fourth-order valence-electron chi connectivity index (χ4n) is 0.680. The van der Waals surface area contributed by atoms with Crippen LogP contribution in [0.3, 0.4) is 0 Å². The Hall–Kier alpha value is -0.660. The zero-order chi connectivity index (χ0) is 9.90. The van der Waals surface area contributed by atoms with Crippen molar-refractivity contribution in [3.8, 4) is 0 Å². The third-order valence-corrected chi connectivity index (χ3v) is 3.13. The predicted octanol–water partition coefficient (Wildman–Crippen LogP) is -0.569. The minimum absolute atomic E-state index is 0.103. The number of hydrogen-bond acceptors (Lipinski definition) is 4. The lowest BCUT2D eigenvalue weighted by Gasteiger charge is -2.01. The van der Waals surface area contributed by atoms with Crippen molar-refractivity contribution >= 4 is 21.6 Å². The van der Waals surface area contributed by atoms with Gasteiger partial charge >= 0.3 is 0 Å². The van der Waals surface area contributed by atoms with Crippen LogP contribution in [-0.2, 0) is 23.6 Å². The van der Waals surface area contributed by atoms with Crippen molar-refractivity contribution < 1.29 is 8.42 Å². The Morgan fingerprint density at radius 1 is 1.69 bits per heavy atom. The highest BCUT2D eigenvalue weighted by atomic mass is 35.5. The number of alkyl halides is 1. The lowest BCUT2D eigenvalue weighted by Crippen LogP contribution is -2.25. The van der Waals surface area contributed by atoms with Crippen molar-refractivity contribution in [2.24, 2.45) is 7.05 Å². The summed E-state index contributed by atoms with van der Waals surface area (Å²) < 4.78 is 25.7. The summed E-state index contributed by atoms with van der Waals surface area (Å²) in [7, 11) is -1.65. The van der Waals surface area contributed by atoms with Crippen LogP contribution in [-0.4, -0.2) is 28.4 Å². The molecule has 0 aliphatic carbocycles. The fraction of sp³-hybridized carbons (Fsp3) is 0.600. The number of rotatable bonds is 4. The Bertz CT molecular complexity index is 374. The van der Waals surface area contributed by atoms with Gasteiger partial charge in [0, 0.05) is 7.05 Å². The summed E-state index contributed by atoms with van der Waals surface area (Å²) in [5, 5.41) is 6.84. The smallest absolute Gasteiger partial charge is 0.226 e. The summed E-state index contributed by atoms with van der Waals surface area (Å²) in [6.45, 7) is 0.103. The zero-order valence-corrected chi connectivity index (χ0v) is 8.51. The standard InChI is InChI=1S/C5H9ClN4O2S/c1-10-4-7-9-5(10)2-8-13(11,12)3-6/h4,8H,2-3H2,1H3. The van der Waals surface area contributed by atoms with Crippen molar-refractivity contribution in [2.75, 3.05) is 5.21 Å². The fourth-order valence-corrected chi connectivity index (χ4v) is 1.34. The molecule has 0 radical (unpaired) electrons. The number of nitrogens with one attached hydrogen (secondary N) is 1. The molecule has 0 amide bonds. The summed E-state index contributed by atoms with van der Waals surface area (Å²) in [6, 6.07) is 0. The molecule has 1 rings (SSSR count). The molecule has 1 heterocycles. The first-order valence-electron chi connectivity index (χ1n) is 3.41. The molecule has 74 valence electrons. The highest BCUT2D eigenvalue weighted by Crippen LogP contribution is 1.94. The van der Waals surface area contributed by atoms with Gasteiger partial charge in [0.1, 0.15) is 17.4 Å². The molecular formula is C5H9ClN4O2S. The Labute approximate surface area is 81.0 Å². The van der Waals surface area contributed by atoms with Gasteiger partial charge < -0.3 is 4.57 Å². The van der Waals surface area contributed by atoms with E-state index in [2.05, 4.69) is 14.9 Å². The normalized spacial score (nSPS) is 11.8. The summed E-state index contributed by atoms with van der Waals surface area (Å²) in [5.74, 6) is 0.536. The molecular weight excluding hydrogens is 216 g/mol. The van der Waals surface area contributed by atoms with Gasteiger partial charge in [0.15, 0.2) is 0 Å². The second-order valence-electron chi connectivity index (χ2n) is 2.40. The van der Waals surface area contributed by atoms with Crippen molar-refractivity contribution in [1.29, 1.82) is 0 Å². The second kappa shape index (κ2) is 4.03. The van der Waals surface area contributed by atoms with E-state index < -0.39 is 15.2 Å². The molecule has 0 unspecified atom stereocenters. The zero-order valence-electron chi connectivity index (χ0n) is 6.94. The molecule has 6 nitrogen and oxygen atoms in total. The van der Waals surface area contributed by atoms with Crippen molar-refractivity contribution in [2.45, 2.75) is 6.54 Å². The largest absolute Gasteiger partial charge is 0.320 e. The second-order valence-corrected chi connectivity index (χ2v) is 4.79. The van der Waals surface area contributed by atoms with Crippen LogP contribution in [0.5, 0.6) is 0 Å². The average molecular weight is 225 g/mol. The minimum Gasteiger partial charge on any atom is -0.320 e. The van der Waals surface area contributed by atoms with Gasteiger partial charge in [0.05, 0.1) is 6.54 Å². The topological polar surface area (TPSA) is 76.9 Å². The Kier molecular flexibility index (Phi) is 3.23. The van der Waals surface area contributed by atoms with E-state index in [1.54, 1.807) is 11.6 Å². The first-order chi connectivity index (χ1) is 6.05. The molecule has 1 aromatic rings. The molecule has 8 heteroatoms. The van der Waals surface area contributed by atoms with E-state index in [1.165, 1.54) is 6.33 Å². The molecule has 0 aromatic carbocycles. The summed E-state index contributed by atoms with van der Waals surface area (Å²) in [6.07, 6.45) is 1.49. The first kappa shape index (κ1) is 10.4. The van der Waals surface area contributed by atoms with Crippen LogP contribution in [0.1, 0.15) is 5.82 Å². The van der Waals surface area contributed by atoms with E-state index in [0.717, 1.165) is 0 Å². The lowest BCUT2D eigenvalue weighted by atomic mass is 10.6. The Balaban J connectivity index is 2.58. The maximum absolute atomic E-state index is 10.9. The molecule has 0 aliphatic rings. The van der Waals surface area contributed by atoms with Crippen LogP contribution in [0, 0.1) is 0 Å². The van der Waals surface area contributed by atoms with Crippen molar-refractivity contribution in [3.63, 3.8) is 0 Å². The van der Waals surface area contributed by atoms with Gasteiger partial charge in [-0.15, -0.1) is 21.8 Å². The van der Waals surface area contributed by atoms with Crippen LogP contribution in [0.25, 0.3) is 0 Å². The Morgan fingerprint density at radius 3 is 2.85 bits per heavy atom. The molecule has 0 atom stereocenters. The molecule has 0 saturated carbocycles. The lowest BCUT2D eigenvalue weighted by molar-refractivity contribution is 0.582. The number of sulfonamides is 1. The molecule has 0 fully saturated rings. The van der Waals surface area contributed by atoms with Crippen molar-refractivity contribution in [1.82, 2.24) is 19.5 Å². The number of aromatic nitrogens is 3. The van der Waals surface area contributed by atoms with E-state index >= 15 is 0 Å². The molecule has 0 bridgehead atoms. The molecule has 0 aliphatic heterocycles. The third kappa shape index (κ3) is 2.94. The highest BCUT2D eigenvalue weighted by Gasteiger charge is 2.09. The maximum atomic E-state index is 10.9. The van der Waals surface area contributed by atoms with Gasteiger partial charge in [0.25, 0.3) is 0 Å². The van der Waals surface area contributed by atoms with Gasteiger partial charge in [0.2, 0.25) is 10.0 Å². The number of aryl methyl sites for hydroxylation is 1. The van der Waals surface area contributed by atoms with Gasteiger partial charge in [-0.1, -0.05) is 0 Å². The van der Waals surface area contributed by atoms with E-state index in [-0.39, 0.29) is 6.54 Å². The van der Waals surface area contributed by atoms with Crippen molar-refractivity contribution in [3.05, 3.63) is 12.2 Å². The van der Waals surface area contributed by atoms with Gasteiger partial charge in [-0.3, -0.25) is 0 Å². The number of halogens is 1. The number of hydrogen-bond donors (Lipinski definition) is 1. The quantitative estimate of drug-likeness (QED) is 0.695. The summed E-state index contributed by atoms with van der Waals surface area (Å²) in [5.41, 5.74) is 0. The molecule has 13 heavy (non-hydrogen) atoms. The molecule has 0 spiro atoms. The van der Waals surface area contributed by atoms with Gasteiger partial charge in [-0.25, -0.2) is 13.1 Å². The number of nitrogens with zero attached hydrogens (tertiary/aromatic N) is 3. The van der Waals surface area contributed by atoms with E-state index in [9.17, 15) is 8.42 Å². The average Bonchev–Trinajstić information content (AvgIpc) is 2.48. The van der Waals surface area contributed by atoms with E-state index in [4.69, 9.17) is 11.6 Å². The first-order valence-corrected chi connectivity index (χ1v) is 5.60. The maximum Gasteiger partial charge on any atom is 0.226 e. The molecule has 1 aromatic heterocycles. The summed E-state index contributed by atoms with van der Waals surface area (Å²) >= 11 is 5.18. The monoisotopic (exact) mass is 224 g/mol. The van der Waals surface area contributed by atoms with Gasteiger partial charge in [-0.2, -0.15) is 0 Å². The minimum atomic E-state index is -3.38. The van der Waals surface area contributed by atoms with Crippen LogP contribution in [0.15, 0.2) is 6.33 Å². The highest BCUT2D eigenvalue weighted by molar-refractivity contribution is 7.90. The van der Waals surface area contributed by atoms with Crippen LogP contribution < -0.4 is 4.72 Å². The molecule has 1 N–H and O–H groups in total.